The van der Waals surface area contributed by atoms with E-state index < -0.39 is 0 Å². The fourth-order valence-corrected chi connectivity index (χ4v) is 2.04. The molecule has 1 rings (SSSR count). The number of hydrogen-bond acceptors (Lipinski definition) is 4. The van der Waals surface area contributed by atoms with Crippen LogP contribution in [0.3, 0.4) is 0 Å². The molecule has 1 aromatic carbocycles. The molecular weight excluding hydrogens is 242 g/mol. The predicted molar refractivity (Wildman–Crippen MR) is 75.3 cm³/mol. The van der Waals surface area contributed by atoms with E-state index in [1.807, 2.05) is 38.1 Å². The highest BCUT2D eigenvalue weighted by Crippen LogP contribution is 2.26. The maximum atomic E-state index is 11.5. The first-order chi connectivity index (χ1) is 9.12. The molecule has 106 valence electrons. The Hall–Kier alpha value is -1.55. The van der Waals surface area contributed by atoms with Crippen molar-refractivity contribution in [2.75, 3.05) is 13.7 Å². The van der Waals surface area contributed by atoms with Crippen LogP contribution < -0.4 is 10.5 Å². The molecule has 0 aromatic heterocycles. The minimum absolute atomic E-state index is 0.0203. The Kier molecular flexibility index (Phi) is 6.36. The van der Waals surface area contributed by atoms with Crippen LogP contribution >= 0.6 is 0 Å². The first-order valence-electron chi connectivity index (χ1n) is 6.67. The van der Waals surface area contributed by atoms with Crippen LogP contribution in [0, 0.1) is 0 Å². The lowest BCUT2D eigenvalue weighted by molar-refractivity contribution is -0.141. The number of benzene rings is 1. The van der Waals surface area contributed by atoms with Gasteiger partial charge in [-0.25, -0.2) is 0 Å². The third kappa shape index (κ3) is 4.56. The first kappa shape index (κ1) is 15.5. The number of nitrogens with two attached hydrogens (primary N) is 1. The lowest BCUT2D eigenvalue weighted by atomic mass is 9.87. The van der Waals surface area contributed by atoms with Gasteiger partial charge in [-0.05, 0) is 31.0 Å². The van der Waals surface area contributed by atoms with Gasteiger partial charge in [0.2, 0.25) is 0 Å². The number of carbonyl (C=O) groups is 1. The van der Waals surface area contributed by atoms with Gasteiger partial charge in [0.1, 0.15) is 5.75 Å². The highest BCUT2D eigenvalue weighted by molar-refractivity contribution is 5.70. The molecule has 2 atom stereocenters. The van der Waals surface area contributed by atoms with Crippen molar-refractivity contribution in [3.63, 3.8) is 0 Å². The summed E-state index contributed by atoms with van der Waals surface area (Å²) in [6.07, 6.45) is 1.12. The molecule has 0 saturated heterocycles. The van der Waals surface area contributed by atoms with Crippen molar-refractivity contribution in [3.05, 3.63) is 29.8 Å². The number of methoxy groups -OCH3 is 1. The summed E-state index contributed by atoms with van der Waals surface area (Å²) in [7, 11) is 1.40. The molecule has 19 heavy (non-hydrogen) atoms. The first-order valence-corrected chi connectivity index (χ1v) is 6.67. The van der Waals surface area contributed by atoms with Crippen LogP contribution in [0.5, 0.6) is 5.75 Å². The monoisotopic (exact) mass is 265 g/mol. The molecule has 0 aliphatic rings. The highest BCUT2D eigenvalue weighted by atomic mass is 16.5. The molecule has 0 bridgehead atoms. The Bertz CT molecular complexity index is 389. The molecule has 0 heterocycles. The zero-order chi connectivity index (χ0) is 14.3. The summed E-state index contributed by atoms with van der Waals surface area (Å²) in [6.45, 7) is 4.60. The second-order valence-electron chi connectivity index (χ2n) is 4.46. The number of carbonyl (C=O) groups excluding carboxylic acids is 1. The standard InChI is InChI=1S/C15H23NO3/c1-4-14(16)13(10-15(17)18-3)11-6-8-12(9-7-11)19-5-2/h6-9,13-14H,4-5,10,16H2,1-3H3. The van der Waals surface area contributed by atoms with E-state index in [-0.39, 0.29) is 17.9 Å². The fraction of sp³-hybridized carbons (Fsp3) is 0.533. The van der Waals surface area contributed by atoms with Gasteiger partial charge in [-0.2, -0.15) is 0 Å². The minimum Gasteiger partial charge on any atom is -0.494 e. The Morgan fingerprint density at radius 3 is 2.37 bits per heavy atom. The predicted octanol–water partition coefficient (Wildman–Crippen LogP) is 2.47. The van der Waals surface area contributed by atoms with Gasteiger partial charge in [0, 0.05) is 12.0 Å². The maximum Gasteiger partial charge on any atom is 0.306 e. The van der Waals surface area contributed by atoms with Gasteiger partial charge in [0.25, 0.3) is 0 Å². The van der Waals surface area contributed by atoms with E-state index in [1.165, 1.54) is 7.11 Å². The molecule has 0 amide bonds. The molecular formula is C15H23NO3. The molecule has 0 radical (unpaired) electrons. The molecule has 2 N–H and O–H groups in total. The Labute approximate surface area is 114 Å². The van der Waals surface area contributed by atoms with Crippen LogP contribution in [-0.2, 0) is 9.53 Å². The van der Waals surface area contributed by atoms with Crippen LogP contribution in [0.25, 0.3) is 0 Å². The van der Waals surface area contributed by atoms with E-state index in [0.29, 0.717) is 13.0 Å². The second kappa shape index (κ2) is 7.79. The minimum atomic E-state index is -0.234. The Morgan fingerprint density at radius 2 is 1.89 bits per heavy atom. The summed E-state index contributed by atoms with van der Waals surface area (Å²) in [5.74, 6) is 0.573. The quantitative estimate of drug-likeness (QED) is 0.769. The highest BCUT2D eigenvalue weighted by Gasteiger charge is 2.22. The van der Waals surface area contributed by atoms with E-state index >= 15 is 0 Å². The number of hydrogen-bond donors (Lipinski definition) is 1. The summed E-state index contributed by atoms with van der Waals surface area (Å²) in [4.78, 5) is 11.5. The third-order valence-corrected chi connectivity index (χ3v) is 3.22. The summed E-state index contributed by atoms with van der Waals surface area (Å²) in [6, 6.07) is 7.69. The lowest BCUT2D eigenvalue weighted by Crippen LogP contribution is -2.29. The molecule has 0 saturated carbocycles. The van der Waals surface area contributed by atoms with Gasteiger partial charge in [-0.1, -0.05) is 19.1 Å². The van der Waals surface area contributed by atoms with Crippen LogP contribution in [-0.4, -0.2) is 25.7 Å². The topological polar surface area (TPSA) is 61.5 Å². The fourth-order valence-electron chi connectivity index (χ4n) is 2.04. The van der Waals surface area contributed by atoms with Crippen molar-refractivity contribution >= 4 is 5.97 Å². The van der Waals surface area contributed by atoms with Gasteiger partial charge in [0.15, 0.2) is 0 Å². The molecule has 4 heteroatoms. The van der Waals surface area contributed by atoms with E-state index in [0.717, 1.165) is 17.7 Å². The van der Waals surface area contributed by atoms with E-state index in [2.05, 4.69) is 0 Å². The van der Waals surface area contributed by atoms with Gasteiger partial charge in [-0.3, -0.25) is 4.79 Å². The van der Waals surface area contributed by atoms with Gasteiger partial charge in [0.05, 0.1) is 20.1 Å². The molecule has 0 spiro atoms. The molecule has 1 aromatic rings. The van der Waals surface area contributed by atoms with Crippen molar-refractivity contribution in [1.29, 1.82) is 0 Å². The zero-order valence-electron chi connectivity index (χ0n) is 11.9. The van der Waals surface area contributed by atoms with Crippen LogP contribution in [0.4, 0.5) is 0 Å². The van der Waals surface area contributed by atoms with Gasteiger partial charge in [-0.15, -0.1) is 0 Å². The summed E-state index contributed by atoms with van der Waals surface area (Å²) in [5.41, 5.74) is 7.15. The van der Waals surface area contributed by atoms with E-state index in [4.69, 9.17) is 15.2 Å². The van der Waals surface area contributed by atoms with Crippen molar-refractivity contribution in [2.45, 2.75) is 38.6 Å². The smallest absolute Gasteiger partial charge is 0.306 e. The molecule has 4 nitrogen and oxygen atoms in total. The second-order valence-corrected chi connectivity index (χ2v) is 4.46. The van der Waals surface area contributed by atoms with Crippen LogP contribution in [0.2, 0.25) is 0 Å². The summed E-state index contributed by atoms with van der Waals surface area (Å²) < 4.78 is 10.1. The van der Waals surface area contributed by atoms with Gasteiger partial charge < -0.3 is 15.2 Å². The van der Waals surface area contributed by atoms with Crippen molar-refractivity contribution in [3.8, 4) is 5.75 Å². The lowest BCUT2D eigenvalue weighted by Gasteiger charge is -2.22. The molecule has 0 fully saturated rings. The van der Waals surface area contributed by atoms with E-state index in [1.54, 1.807) is 0 Å². The normalized spacial score (nSPS) is 13.7. The van der Waals surface area contributed by atoms with Crippen LogP contribution in [0.15, 0.2) is 24.3 Å². The Balaban J connectivity index is 2.87. The van der Waals surface area contributed by atoms with Crippen molar-refractivity contribution < 1.29 is 14.3 Å². The SMILES string of the molecule is CCOc1ccc(C(CC(=O)OC)C(N)CC)cc1. The zero-order valence-corrected chi connectivity index (χ0v) is 11.9. The number of esters is 1. The van der Waals surface area contributed by atoms with Crippen molar-refractivity contribution in [2.24, 2.45) is 5.73 Å². The van der Waals surface area contributed by atoms with Crippen LogP contribution in [0.1, 0.15) is 38.2 Å². The summed E-state index contributed by atoms with van der Waals surface area (Å²) in [5, 5.41) is 0. The largest absolute Gasteiger partial charge is 0.494 e. The third-order valence-electron chi connectivity index (χ3n) is 3.22. The molecule has 2 unspecified atom stereocenters. The van der Waals surface area contributed by atoms with Gasteiger partial charge >= 0.3 is 5.97 Å². The molecule has 0 aliphatic carbocycles. The average molecular weight is 265 g/mol. The number of rotatable bonds is 7. The Morgan fingerprint density at radius 1 is 1.26 bits per heavy atom. The average Bonchev–Trinajstić information content (AvgIpc) is 2.45. The van der Waals surface area contributed by atoms with E-state index in [9.17, 15) is 4.79 Å². The summed E-state index contributed by atoms with van der Waals surface area (Å²) >= 11 is 0. The van der Waals surface area contributed by atoms with Crippen molar-refractivity contribution in [1.82, 2.24) is 0 Å². The maximum absolute atomic E-state index is 11.5. The molecule has 0 aliphatic heterocycles. The number of ether oxygens (including phenoxy) is 2.